The summed E-state index contributed by atoms with van der Waals surface area (Å²) in [4.78, 5) is 28.3. The number of nitrogens with zero attached hydrogens (tertiary/aromatic N) is 1. The van der Waals surface area contributed by atoms with Crippen LogP contribution in [0.3, 0.4) is 0 Å². The average molecular weight is 381 g/mol. The number of hydrogen-bond acceptors (Lipinski definition) is 6. The fourth-order valence-corrected chi connectivity index (χ4v) is 3.30. The second-order valence-corrected chi connectivity index (χ2v) is 6.65. The molecule has 5 nitrogen and oxygen atoms in total. The third-order valence-corrected chi connectivity index (χ3v) is 4.75. The molecule has 1 aromatic heterocycles. The van der Waals surface area contributed by atoms with E-state index < -0.39 is 5.97 Å². The van der Waals surface area contributed by atoms with E-state index in [1.165, 1.54) is 18.3 Å². The molecule has 0 N–H and O–H groups in total. The van der Waals surface area contributed by atoms with Crippen LogP contribution in [0.15, 0.2) is 53.9 Å². The Morgan fingerprint density at radius 3 is 2.59 bits per heavy atom. The van der Waals surface area contributed by atoms with E-state index in [9.17, 15) is 9.59 Å². The normalized spacial score (nSPS) is 10.4. The van der Waals surface area contributed by atoms with Gasteiger partial charge in [0.05, 0.1) is 6.61 Å². The molecule has 0 bridgehead atoms. The van der Waals surface area contributed by atoms with E-state index in [4.69, 9.17) is 9.47 Å². The standard InChI is InChI=1S/C21H19NO4S/c1-3-25-19-10-9-16(14(2)23)11-17(19)12-26-21(24)18-13-27-20(22-18)15-7-5-4-6-8-15/h4-11,13H,3,12H2,1-2H3. The van der Waals surface area contributed by atoms with Crippen molar-refractivity contribution in [2.24, 2.45) is 0 Å². The third kappa shape index (κ3) is 4.60. The molecule has 0 unspecified atom stereocenters. The summed E-state index contributed by atoms with van der Waals surface area (Å²) >= 11 is 1.39. The number of aromatic nitrogens is 1. The fourth-order valence-electron chi connectivity index (χ4n) is 2.51. The van der Waals surface area contributed by atoms with Gasteiger partial charge in [0.1, 0.15) is 17.4 Å². The van der Waals surface area contributed by atoms with Gasteiger partial charge in [0.15, 0.2) is 11.5 Å². The first kappa shape index (κ1) is 18.8. The molecule has 1 heterocycles. The summed E-state index contributed by atoms with van der Waals surface area (Å²) in [5, 5.41) is 2.44. The number of ether oxygens (including phenoxy) is 2. The Morgan fingerprint density at radius 1 is 1.11 bits per heavy atom. The Kier molecular flexibility index (Phi) is 5.98. The maximum atomic E-state index is 12.4. The lowest BCUT2D eigenvalue weighted by molar-refractivity contribution is 0.0463. The highest BCUT2D eigenvalue weighted by Crippen LogP contribution is 2.25. The zero-order valence-corrected chi connectivity index (χ0v) is 15.9. The van der Waals surface area contributed by atoms with Crippen molar-refractivity contribution in [2.75, 3.05) is 6.61 Å². The van der Waals surface area contributed by atoms with Crippen LogP contribution < -0.4 is 4.74 Å². The summed E-state index contributed by atoms with van der Waals surface area (Å²) in [6, 6.07) is 14.8. The van der Waals surface area contributed by atoms with Crippen molar-refractivity contribution >= 4 is 23.1 Å². The fraction of sp³-hybridized carbons (Fsp3) is 0.190. The lowest BCUT2D eigenvalue weighted by Crippen LogP contribution is -2.08. The molecule has 6 heteroatoms. The number of thiazole rings is 1. The van der Waals surface area contributed by atoms with Crippen LogP contribution in [0.5, 0.6) is 5.75 Å². The Balaban J connectivity index is 1.73. The molecule has 0 amide bonds. The number of carbonyl (C=O) groups excluding carboxylic acids is 2. The van der Waals surface area contributed by atoms with Gasteiger partial charge in [-0.3, -0.25) is 4.79 Å². The minimum absolute atomic E-state index is 0.00742. The predicted octanol–water partition coefficient (Wildman–Crippen LogP) is 4.77. The highest BCUT2D eigenvalue weighted by Gasteiger charge is 2.15. The Hall–Kier alpha value is -2.99. The molecule has 138 valence electrons. The molecule has 0 saturated carbocycles. The van der Waals surface area contributed by atoms with Gasteiger partial charge >= 0.3 is 5.97 Å². The highest BCUT2D eigenvalue weighted by atomic mass is 32.1. The first-order chi connectivity index (χ1) is 13.1. The number of carbonyl (C=O) groups is 2. The average Bonchev–Trinajstić information content (AvgIpc) is 3.18. The summed E-state index contributed by atoms with van der Waals surface area (Å²) in [5.41, 5.74) is 2.41. The molecule has 2 aromatic carbocycles. The van der Waals surface area contributed by atoms with Gasteiger partial charge in [0, 0.05) is 22.1 Å². The van der Waals surface area contributed by atoms with Crippen LogP contribution in [0.2, 0.25) is 0 Å². The largest absolute Gasteiger partial charge is 0.493 e. The van der Waals surface area contributed by atoms with Crippen LogP contribution in [0.4, 0.5) is 0 Å². The first-order valence-electron chi connectivity index (χ1n) is 8.53. The third-order valence-electron chi connectivity index (χ3n) is 3.86. The Labute approximate surface area is 161 Å². The van der Waals surface area contributed by atoms with Crippen LogP contribution >= 0.6 is 11.3 Å². The highest BCUT2D eigenvalue weighted by molar-refractivity contribution is 7.13. The molecule has 0 saturated heterocycles. The zero-order chi connectivity index (χ0) is 19.2. The van der Waals surface area contributed by atoms with Crippen LogP contribution in [0.25, 0.3) is 10.6 Å². The summed E-state index contributed by atoms with van der Waals surface area (Å²) < 4.78 is 11.0. The molecule has 0 aliphatic rings. The van der Waals surface area contributed by atoms with Crippen molar-refractivity contribution in [2.45, 2.75) is 20.5 Å². The van der Waals surface area contributed by atoms with Crippen molar-refractivity contribution in [1.29, 1.82) is 0 Å². The van der Waals surface area contributed by atoms with E-state index >= 15 is 0 Å². The summed E-state index contributed by atoms with van der Waals surface area (Å²) in [6.45, 7) is 3.85. The van der Waals surface area contributed by atoms with Crippen molar-refractivity contribution in [3.8, 4) is 16.3 Å². The Bertz CT molecular complexity index is 950. The lowest BCUT2D eigenvalue weighted by Gasteiger charge is -2.11. The molecule has 0 aliphatic carbocycles. The summed E-state index contributed by atoms with van der Waals surface area (Å²) in [7, 11) is 0. The van der Waals surface area contributed by atoms with E-state index in [1.807, 2.05) is 37.3 Å². The predicted molar refractivity (Wildman–Crippen MR) is 104 cm³/mol. The molecular weight excluding hydrogens is 362 g/mol. The van der Waals surface area contributed by atoms with Crippen molar-refractivity contribution in [3.63, 3.8) is 0 Å². The molecular formula is C21H19NO4S. The van der Waals surface area contributed by atoms with Gasteiger partial charge in [-0.25, -0.2) is 9.78 Å². The van der Waals surface area contributed by atoms with Gasteiger partial charge < -0.3 is 9.47 Å². The van der Waals surface area contributed by atoms with Crippen LogP contribution in [0, 0.1) is 0 Å². The number of hydrogen-bond donors (Lipinski definition) is 0. The van der Waals surface area contributed by atoms with E-state index in [2.05, 4.69) is 4.98 Å². The monoisotopic (exact) mass is 381 g/mol. The van der Waals surface area contributed by atoms with Gasteiger partial charge in [-0.1, -0.05) is 30.3 Å². The smallest absolute Gasteiger partial charge is 0.358 e. The lowest BCUT2D eigenvalue weighted by atomic mass is 10.1. The maximum Gasteiger partial charge on any atom is 0.358 e. The van der Waals surface area contributed by atoms with Gasteiger partial charge in [-0.05, 0) is 32.0 Å². The zero-order valence-electron chi connectivity index (χ0n) is 15.1. The molecule has 0 spiro atoms. The number of esters is 1. The van der Waals surface area contributed by atoms with E-state index in [-0.39, 0.29) is 18.1 Å². The maximum absolute atomic E-state index is 12.4. The quantitative estimate of drug-likeness (QED) is 0.436. The minimum atomic E-state index is -0.510. The first-order valence-corrected chi connectivity index (χ1v) is 9.41. The molecule has 3 rings (SSSR count). The Morgan fingerprint density at radius 2 is 1.89 bits per heavy atom. The molecule has 0 fully saturated rings. The van der Waals surface area contributed by atoms with Gasteiger partial charge in [-0.2, -0.15) is 0 Å². The van der Waals surface area contributed by atoms with Crippen molar-refractivity contribution in [3.05, 3.63) is 70.7 Å². The van der Waals surface area contributed by atoms with Gasteiger partial charge in [-0.15, -0.1) is 11.3 Å². The number of ketones is 1. The van der Waals surface area contributed by atoms with Crippen molar-refractivity contribution in [1.82, 2.24) is 4.98 Å². The van der Waals surface area contributed by atoms with E-state index in [1.54, 1.807) is 23.6 Å². The van der Waals surface area contributed by atoms with Gasteiger partial charge in [0.2, 0.25) is 0 Å². The van der Waals surface area contributed by atoms with Crippen LogP contribution in [-0.4, -0.2) is 23.3 Å². The van der Waals surface area contributed by atoms with Crippen LogP contribution in [-0.2, 0) is 11.3 Å². The topological polar surface area (TPSA) is 65.5 Å². The molecule has 3 aromatic rings. The summed E-state index contributed by atoms with van der Waals surface area (Å²) in [5.74, 6) is 0.0280. The molecule has 0 aliphatic heterocycles. The second-order valence-electron chi connectivity index (χ2n) is 5.79. The number of rotatable bonds is 7. The summed E-state index contributed by atoms with van der Waals surface area (Å²) in [6.07, 6.45) is 0. The molecule has 0 radical (unpaired) electrons. The minimum Gasteiger partial charge on any atom is -0.493 e. The van der Waals surface area contributed by atoms with Crippen molar-refractivity contribution < 1.29 is 19.1 Å². The van der Waals surface area contributed by atoms with E-state index in [0.29, 0.717) is 23.5 Å². The number of Topliss-reactive ketones (excluding diaryl/α,β-unsaturated/α-hetero) is 1. The molecule has 0 atom stereocenters. The molecule has 27 heavy (non-hydrogen) atoms. The van der Waals surface area contributed by atoms with Crippen LogP contribution in [0.1, 0.15) is 40.3 Å². The van der Waals surface area contributed by atoms with Gasteiger partial charge in [0.25, 0.3) is 0 Å². The second kappa shape index (κ2) is 8.60. The van der Waals surface area contributed by atoms with E-state index in [0.717, 1.165) is 10.6 Å². The number of benzene rings is 2. The SMILES string of the molecule is CCOc1ccc(C(C)=O)cc1COC(=O)c1csc(-c2ccccc2)n1.